The number of carbonyl (C=O) groups excluding carboxylic acids is 1. The monoisotopic (exact) mass is 515 g/mol. The van der Waals surface area contributed by atoms with Crippen molar-refractivity contribution in [3.05, 3.63) is 89.4 Å². The Hall–Kier alpha value is -3.94. The molecule has 4 aromatic carbocycles. The van der Waals surface area contributed by atoms with Crippen molar-refractivity contribution < 1.29 is 13.9 Å². The van der Waals surface area contributed by atoms with Crippen LogP contribution >= 0.6 is 23.8 Å². The Kier molecular flexibility index (Phi) is 6.84. The fourth-order valence-corrected chi connectivity index (χ4v) is 4.34. The Labute approximate surface area is 218 Å². The number of rotatable bonds is 6. The molecule has 5 aromatic rings. The lowest BCUT2D eigenvalue weighted by Gasteiger charge is -2.10. The van der Waals surface area contributed by atoms with Gasteiger partial charge in [0.05, 0.1) is 0 Å². The van der Waals surface area contributed by atoms with Crippen LogP contribution < -0.4 is 15.4 Å². The summed E-state index contributed by atoms with van der Waals surface area (Å²) >= 11 is 11.6. The largest absolute Gasteiger partial charge is 0.484 e. The van der Waals surface area contributed by atoms with Crippen LogP contribution in [-0.4, -0.2) is 22.6 Å². The van der Waals surface area contributed by atoms with E-state index in [0.29, 0.717) is 33.4 Å². The number of hydrogen-bond donors (Lipinski definition) is 2. The summed E-state index contributed by atoms with van der Waals surface area (Å²) in [6.07, 6.45) is 0.945. The summed E-state index contributed by atoms with van der Waals surface area (Å²) in [7, 11) is 0. The van der Waals surface area contributed by atoms with Gasteiger partial charge in [0.2, 0.25) is 5.89 Å². The predicted molar refractivity (Wildman–Crippen MR) is 148 cm³/mol. The second-order valence-corrected chi connectivity index (χ2v) is 8.95. The fraction of sp³-hybridized carbons (Fsp3) is 0.107. The molecule has 0 radical (unpaired) electrons. The first kappa shape index (κ1) is 23.8. The van der Waals surface area contributed by atoms with E-state index in [-0.39, 0.29) is 17.6 Å². The number of carbonyl (C=O) groups is 1. The molecule has 0 bridgehead atoms. The van der Waals surface area contributed by atoms with Crippen molar-refractivity contribution in [2.24, 2.45) is 0 Å². The molecule has 180 valence electrons. The van der Waals surface area contributed by atoms with Gasteiger partial charge >= 0.3 is 0 Å². The van der Waals surface area contributed by atoms with Gasteiger partial charge < -0.3 is 14.5 Å². The number of thiocarbonyl (C=S) groups is 1. The molecule has 8 heteroatoms. The summed E-state index contributed by atoms with van der Waals surface area (Å²) < 4.78 is 11.5. The van der Waals surface area contributed by atoms with Crippen LogP contribution in [0.15, 0.2) is 83.3 Å². The standard InChI is InChI=1S/C28H22ClN3O3S/c1-2-17-9-12-19(13-10-17)34-16-26(33)32-28(36)30-18-11-14-25-24(15-18)31-27(35-25)22-7-3-6-21-20(22)5-4-8-23(21)29/h3-15H,2,16H2,1H3,(H2,30,32,33,36). The van der Waals surface area contributed by atoms with Gasteiger partial charge in [0.1, 0.15) is 11.3 Å². The summed E-state index contributed by atoms with van der Waals surface area (Å²) in [6.45, 7) is 1.94. The Morgan fingerprint density at radius 1 is 1.03 bits per heavy atom. The van der Waals surface area contributed by atoms with Crippen LogP contribution in [0, 0.1) is 0 Å². The van der Waals surface area contributed by atoms with Gasteiger partial charge in [-0.1, -0.05) is 54.9 Å². The number of oxazole rings is 1. The average molecular weight is 516 g/mol. The first-order chi connectivity index (χ1) is 17.5. The predicted octanol–water partition coefficient (Wildman–Crippen LogP) is 6.76. The molecule has 1 amide bonds. The second kappa shape index (κ2) is 10.4. The van der Waals surface area contributed by atoms with Crippen LogP contribution in [-0.2, 0) is 11.2 Å². The lowest BCUT2D eigenvalue weighted by molar-refractivity contribution is -0.121. The van der Waals surface area contributed by atoms with E-state index in [9.17, 15) is 4.79 Å². The van der Waals surface area contributed by atoms with Crippen molar-refractivity contribution in [2.75, 3.05) is 11.9 Å². The van der Waals surface area contributed by atoms with E-state index >= 15 is 0 Å². The van der Waals surface area contributed by atoms with Crippen LogP contribution in [0.1, 0.15) is 12.5 Å². The maximum Gasteiger partial charge on any atom is 0.264 e. The van der Waals surface area contributed by atoms with Crippen molar-refractivity contribution >= 4 is 62.4 Å². The second-order valence-electron chi connectivity index (χ2n) is 8.13. The van der Waals surface area contributed by atoms with Gasteiger partial charge in [0.25, 0.3) is 5.91 Å². The minimum Gasteiger partial charge on any atom is -0.484 e. The molecule has 1 aromatic heterocycles. The van der Waals surface area contributed by atoms with Crippen molar-refractivity contribution in [3.8, 4) is 17.2 Å². The molecule has 0 unspecified atom stereocenters. The van der Waals surface area contributed by atoms with E-state index in [1.54, 1.807) is 6.07 Å². The van der Waals surface area contributed by atoms with E-state index in [4.69, 9.17) is 33.0 Å². The summed E-state index contributed by atoms with van der Waals surface area (Å²) in [4.78, 5) is 16.9. The summed E-state index contributed by atoms with van der Waals surface area (Å²) in [5.74, 6) is 0.767. The van der Waals surface area contributed by atoms with E-state index < -0.39 is 0 Å². The number of aromatic nitrogens is 1. The van der Waals surface area contributed by atoms with Crippen LogP contribution in [0.3, 0.4) is 0 Å². The first-order valence-electron chi connectivity index (χ1n) is 11.4. The topological polar surface area (TPSA) is 76.4 Å². The Morgan fingerprint density at radius 2 is 1.81 bits per heavy atom. The highest BCUT2D eigenvalue weighted by Crippen LogP contribution is 2.33. The highest BCUT2D eigenvalue weighted by Gasteiger charge is 2.13. The molecule has 0 saturated carbocycles. The number of hydrogen-bond acceptors (Lipinski definition) is 5. The van der Waals surface area contributed by atoms with Gasteiger partial charge in [-0.2, -0.15) is 0 Å². The van der Waals surface area contributed by atoms with Gasteiger partial charge in [0.15, 0.2) is 17.3 Å². The molecule has 0 atom stereocenters. The lowest BCUT2D eigenvalue weighted by atomic mass is 10.0. The zero-order valence-corrected chi connectivity index (χ0v) is 21.0. The number of amides is 1. The zero-order valence-electron chi connectivity index (χ0n) is 19.4. The number of anilines is 1. The first-order valence-corrected chi connectivity index (χ1v) is 12.2. The molecule has 0 spiro atoms. The number of fused-ring (bicyclic) bond motifs is 2. The quantitative estimate of drug-likeness (QED) is 0.243. The summed E-state index contributed by atoms with van der Waals surface area (Å²) in [5.41, 5.74) is 4.02. The van der Waals surface area contributed by atoms with Crippen LogP contribution in [0.25, 0.3) is 33.3 Å². The van der Waals surface area contributed by atoms with Crippen molar-refractivity contribution in [1.29, 1.82) is 0 Å². The maximum absolute atomic E-state index is 12.2. The molecule has 6 nitrogen and oxygen atoms in total. The van der Waals surface area contributed by atoms with Crippen molar-refractivity contribution in [2.45, 2.75) is 13.3 Å². The zero-order chi connectivity index (χ0) is 25.1. The third kappa shape index (κ3) is 5.17. The third-order valence-corrected chi connectivity index (χ3v) is 6.23. The number of nitrogens with one attached hydrogen (secondary N) is 2. The van der Waals surface area contributed by atoms with Gasteiger partial charge in [-0.25, -0.2) is 4.98 Å². The average Bonchev–Trinajstić information content (AvgIpc) is 3.31. The molecular weight excluding hydrogens is 494 g/mol. The van der Waals surface area contributed by atoms with E-state index in [1.165, 1.54) is 5.56 Å². The SMILES string of the molecule is CCc1ccc(OCC(=O)NC(=S)Nc2ccc3oc(-c4cccc5c(Cl)cccc45)nc3c2)cc1. The Morgan fingerprint density at radius 3 is 2.61 bits per heavy atom. The highest BCUT2D eigenvalue weighted by atomic mass is 35.5. The van der Waals surface area contributed by atoms with Gasteiger partial charge in [0, 0.05) is 21.7 Å². The van der Waals surface area contributed by atoms with Crippen LogP contribution in [0.4, 0.5) is 5.69 Å². The molecule has 0 aliphatic rings. The normalized spacial score (nSPS) is 10.9. The van der Waals surface area contributed by atoms with Gasteiger partial charge in [-0.3, -0.25) is 10.1 Å². The maximum atomic E-state index is 12.2. The molecule has 1 heterocycles. The minimum atomic E-state index is -0.355. The lowest BCUT2D eigenvalue weighted by Crippen LogP contribution is -2.37. The molecule has 36 heavy (non-hydrogen) atoms. The van der Waals surface area contributed by atoms with E-state index in [1.807, 2.05) is 72.8 Å². The Bertz CT molecular complexity index is 1580. The third-order valence-electron chi connectivity index (χ3n) is 5.70. The molecule has 2 N–H and O–H groups in total. The van der Waals surface area contributed by atoms with Crippen LogP contribution in [0.2, 0.25) is 5.02 Å². The number of halogens is 1. The van der Waals surface area contributed by atoms with E-state index in [0.717, 1.165) is 22.8 Å². The molecule has 0 aliphatic carbocycles. The molecule has 5 rings (SSSR count). The van der Waals surface area contributed by atoms with Crippen LogP contribution in [0.5, 0.6) is 5.75 Å². The summed E-state index contributed by atoms with van der Waals surface area (Å²) in [5, 5.41) is 8.37. The highest BCUT2D eigenvalue weighted by molar-refractivity contribution is 7.80. The molecule has 0 aliphatic heterocycles. The number of nitrogens with zero attached hydrogens (tertiary/aromatic N) is 1. The smallest absolute Gasteiger partial charge is 0.264 e. The molecule has 0 saturated heterocycles. The Balaban J connectivity index is 1.25. The van der Waals surface area contributed by atoms with Gasteiger partial charge in [-0.05, 0) is 72.1 Å². The summed E-state index contributed by atoms with van der Waals surface area (Å²) in [6, 6.07) is 24.7. The molecule has 0 fully saturated rings. The number of benzene rings is 4. The van der Waals surface area contributed by atoms with E-state index in [2.05, 4.69) is 22.5 Å². The van der Waals surface area contributed by atoms with Gasteiger partial charge in [-0.15, -0.1) is 0 Å². The molecular formula is C28H22ClN3O3S. The minimum absolute atomic E-state index is 0.145. The number of aryl methyl sites for hydroxylation is 1. The van der Waals surface area contributed by atoms with Crippen molar-refractivity contribution in [3.63, 3.8) is 0 Å². The van der Waals surface area contributed by atoms with Crippen molar-refractivity contribution in [1.82, 2.24) is 10.3 Å². The fourth-order valence-electron chi connectivity index (χ4n) is 3.87. The number of ether oxygens (including phenoxy) is 1.